The van der Waals surface area contributed by atoms with Crippen molar-refractivity contribution in [1.29, 1.82) is 0 Å². The molecule has 0 aliphatic carbocycles. The Kier molecular flexibility index (Phi) is 7.69. The van der Waals surface area contributed by atoms with Gasteiger partial charge in [0.05, 0.1) is 40.8 Å². The lowest BCUT2D eigenvalue weighted by molar-refractivity contribution is -0.615. The summed E-state index contributed by atoms with van der Waals surface area (Å²) in [6.45, 7) is -3.46. The average Bonchev–Trinajstić information content (AvgIpc) is 3.65. The number of ether oxygens (including phenoxy) is 1. The molecule has 0 amide bonds. The van der Waals surface area contributed by atoms with Crippen LogP contribution in [0.5, 0.6) is 0 Å². The number of hydrogen-bond donors (Lipinski definition) is 0. The lowest BCUT2D eigenvalue weighted by Crippen LogP contribution is -2.36. The van der Waals surface area contributed by atoms with E-state index in [-0.39, 0.29) is 50.4 Å². The molecule has 0 aliphatic heterocycles. The third-order valence-electron chi connectivity index (χ3n) is 5.95. The highest BCUT2D eigenvalue weighted by atomic mass is 35.5. The Morgan fingerprint density at radius 3 is 2.50 bits per heavy atom. The number of alkyl halides is 2. The summed E-state index contributed by atoms with van der Waals surface area (Å²) >= 11 is 11.9. The minimum Gasteiger partial charge on any atom is -0.618 e. The lowest BCUT2D eigenvalue weighted by Gasteiger charge is -2.18. The van der Waals surface area contributed by atoms with Crippen molar-refractivity contribution >= 4 is 23.2 Å². The lowest BCUT2D eigenvalue weighted by atomic mass is 10.0. The Morgan fingerprint density at radius 1 is 1.05 bits per heavy atom. The van der Waals surface area contributed by atoms with E-state index in [1.165, 1.54) is 59.3 Å². The molecule has 40 heavy (non-hydrogen) atoms. The smallest absolute Gasteiger partial charge is 0.345 e. The van der Waals surface area contributed by atoms with Crippen LogP contribution in [0.3, 0.4) is 0 Å². The molecular weight excluding hydrogens is 581 g/mol. The van der Waals surface area contributed by atoms with Gasteiger partial charge >= 0.3 is 6.61 Å². The maximum Gasteiger partial charge on any atom is 0.345 e. The van der Waals surface area contributed by atoms with Crippen LogP contribution in [0.2, 0.25) is 10.2 Å². The van der Waals surface area contributed by atoms with Gasteiger partial charge in [0.1, 0.15) is 6.04 Å². The van der Waals surface area contributed by atoms with E-state index in [0.717, 1.165) is 10.9 Å². The van der Waals surface area contributed by atoms with Gasteiger partial charge in [-0.15, -0.1) is 10.2 Å². The summed E-state index contributed by atoms with van der Waals surface area (Å²) in [5.74, 6) is -1.53. The van der Waals surface area contributed by atoms with E-state index in [1.807, 2.05) is 0 Å². The molecule has 0 fully saturated rings. The first-order chi connectivity index (χ1) is 19.1. The van der Waals surface area contributed by atoms with Gasteiger partial charge in [-0.1, -0.05) is 33.6 Å². The summed E-state index contributed by atoms with van der Waals surface area (Å²) in [6.07, 6.45) is 5.04. The van der Waals surface area contributed by atoms with Crippen molar-refractivity contribution in [2.75, 3.05) is 6.61 Å². The molecule has 5 aromatic rings. The molecule has 0 aliphatic rings. The van der Waals surface area contributed by atoms with Crippen molar-refractivity contribution in [2.45, 2.75) is 19.1 Å². The summed E-state index contributed by atoms with van der Waals surface area (Å²) in [5, 5.41) is 32.3. The van der Waals surface area contributed by atoms with Gasteiger partial charge < -0.3 is 9.94 Å². The summed E-state index contributed by atoms with van der Waals surface area (Å²) in [5.41, 5.74) is 0.505. The fourth-order valence-corrected chi connectivity index (χ4v) is 4.39. The van der Waals surface area contributed by atoms with Gasteiger partial charge in [-0.2, -0.15) is 23.0 Å². The number of hydrogen-bond acceptors (Lipinski definition) is 7. The second-order valence-electron chi connectivity index (χ2n) is 8.41. The number of aryl methyl sites for hydroxylation is 1. The Labute approximate surface area is 232 Å². The van der Waals surface area contributed by atoms with Gasteiger partial charge in [0.25, 0.3) is 0 Å². The van der Waals surface area contributed by atoms with E-state index >= 15 is 4.39 Å². The molecule has 1 atom stereocenters. The van der Waals surface area contributed by atoms with Crippen LogP contribution in [0, 0.1) is 17.0 Å². The molecule has 0 saturated carbocycles. The van der Waals surface area contributed by atoms with E-state index in [9.17, 15) is 18.4 Å². The number of aromatic nitrogens is 9. The largest absolute Gasteiger partial charge is 0.618 e. The Balaban J connectivity index is 1.55. The molecule has 0 unspecified atom stereocenters. The first kappa shape index (κ1) is 27.5. The van der Waals surface area contributed by atoms with Crippen LogP contribution in [0.1, 0.15) is 18.2 Å². The third-order valence-corrected chi connectivity index (χ3v) is 6.41. The number of rotatable bonds is 9. The minimum atomic E-state index is -3.03. The van der Waals surface area contributed by atoms with Crippen molar-refractivity contribution in [1.82, 2.24) is 39.8 Å². The molecule has 1 aromatic carbocycles. The summed E-state index contributed by atoms with van der Waals surface area (Å²) in [4.78, 5) is 0. The van der Waals surface area contributed by atoms with E-state index in [4.69, 9.17) is 23.2 Å². The van der Waals surface area contributed by atoms with Crippen LogP contribution in [-0.2, 0) is 11.8 Å². The van der Waals surface area contributed by atoms with Gasteiger partial charge in [0.15, 0.2) is 22.9 Å². The second-order valence-corrected chi connectivity index (χ2v) is 9.20. The molecule has 11 nitrogen and oxygen atoms in total. The zero-order valence-electron chi connectivity index (χ0n) is 20.3. The van der Waals surface area contributed by atoms with Gasteiger partial charge in [0, 0.05) is 31.3 Å². The number of nitrogens with zero attached hydrogens (tertiary/aromatic N) is 9. The van der Waals surface area contributed by atoms with Crippen molar-refractivity contribution < 1.29 is 27.0 Å². The zero-order chi connectivity index (χ0) is 28.6. The Hall–Kier alpha value is -4.08. The van der Waals surface area contributed by atoms with Crippen LogP contribution in [-0.4, -0.2) is 53.0 Å². The van der Waals surface area contributed by atoms with E-state index < -0.39 is 31.0 Å². The fraction of sp³-hybridized carbons (Fsp3) is 0.217. The molecule has 4 heterocycles. The van der Waals surface area contributed by atoms with E-state index in [0.29, 0.717) is 4.73 Å². The van der Waals surface area contributed by atoms with Crippen molar-refractivity contribution in [3.05, 3.63) is 81.9 Å². The normalized spacial score (nSPS) is 12.4. The molecule has 0 N–H and O–H groups in total. The monoisotopic (exact) mass is 597 g/mol. The Bertz CT molecular complexity index is 1670. The molecule has 17 heteroatoms. The first-order valence-electron chi connectivity index (χ1n) is 11.4. The summed E-state index contributed by atoms with van der Waals surface area (Å²) < 4.78 is 63.3. The van der Waals surface area contributed by atoms with E-state index in [2.05, 4.69) is 30.5 Å². The predicted octanol–water partition coefficient (Wildman–Crippen LogP) is 4.36. The van der Waals surface area contributed by atoms with Crippen LogP contribution < -0.4 is 4.73 Å². The molecule has 0 radical (unpaired) electrons. The predicted molar refractivity (Wildman–Crippen MR) is 133 cm³/mol. The minimum absolute atomic E-state index is 0.0534. The van der Waals surface area contributed by atoms with Crippen molar-refractivity contribution in [2.24, 2.45) is 7.05 Å². The average molecular weight is 598 g/mol. The van der Waals surface area contributed by atoms with Crippen molar-refractivity contribution in [3.63, 3.8) is 0 Å². The SMILES string of the molecule is Cn1nnc(-c2cnn([C@@H](CCOC(F)F)c3ccc(-c4c(-n5cc(Cl)nn5)ccc(Cl)c4F)c[n+]3[O-])c2)c1F. The van der Waals surface area contributed by atoms with Gasteiger partial charge in [-0.3, -0.25) is 4.68 Å². The molecule has 4 aromatic heterocycles. The number of benzene rings is 1. The molecule has 0 spiro atoms. The topological polar surface area (TPSA) is 115 Å². The standard InChI is InChI=1S/C23H17Cl2F4N9O2/c1-35-22(27)21(32-33-35)13-8-30-36(9-13)15(6-7-40-23(28)29)16-4-2-12(10-38(16)39)19-17(5-3-14(24)20(19)26)37-11-18(25)31-34-37/h2-5,8-11,15,23H,6-7H2,1H3/t15-/m0/s1. The molecular formula is C23H17Cl2F4N9O2. The quantitative estimate of drug-likeness (QED) is 0.141. The van der Waals surface area contributed by atoms with Gasteiger partial charge in [-0.25, -0.2) is 13.8 Å². The van der Waals surface area contributed by atoms with Crippen molar-refractivity contribution in [3.8, 4) is 28.1 Å². The van der Waals surface area contributed by atoms with Crippen LogP contribution in [0.25, 0.3) is 28.1 Å². The van der Waals surface area contributed by atoms with Crippen LogP contribution in [0.15, 0.2) is 49.1 Å². The molecule has 5 rings (SSSR count). The molecule has 0 bridgehead atoms. The first-order valence-corrected chi connectivity index (χ1v) is 12.2. The summed E-state index contributed by atoms with van der Waals surface area (Å²) in [6, 6.07) is 4.71. The number of halogens is 6. The molecule has 0 saturated heterocycles. The highest BCUT2D eigenvalue weighted by molar-refractivity contribution is 6.31. The second kappa shape index (κ2) is 11.2. The van der Waals surface area contributed by atoms with Gasteiger partial charge in [0.2, 0.25) is 11.6 Å². The van der Waals surface area contributed by atoms with Crippen LogP contribution >= 0.6 is 23.2 Å². The molecule has 208 valence electrons. The number of pyridine rings is 1. The fourth-order valence-electron chi connectivity index (χ4n) is 4.10. The zero-order valence-corrected chi connectivity index (χ0v) is 21.8. The highest BCUT2D eigenvalue weighted by Gasteiger charge is 2.27. The maximum atomic E-state index is 15.3. The maximum absolute atomic E-state index is 15.3. The third kappa shape index (κ3) is 5.35. The van der Waals surface area contributed by atoms with Crippen LogP contribution in [0.4, 0.5) is 17.6 Å². The van der Waals surface area contributed by atoms with E-state index in [1.54, 1.807) is 0 Å². The van der Waals surface area contributed by atoms with Gasteiger partial charge in [-0.05, 0) is 18.2 Å². The summed E-state index contributed by atoms with van der Waals surface area (Å²) in [7, 11) is 1.37. The Morgan fingerprint density at radius 2 is 1.85 bits per heavy atom. The highest BCUT2D eigenvalue weighted by Crippen LogP contribution is 2.34.